The third-order valence-corrected chi connectivity index (χ3v) is 4.63. The van der Waals surface area contributed by atoms with Crippen LogP contribution in [0.5, 0.6) is 0 Å². The van der Waals surface area contributed by atoms with Crippen molar-refractivity contribution in [1.29, 1.82) is 0 Å². The zero-order valence-electron chi connectivity index (χ0n) is 15.4. The quantitative estimate of drug-likeness (QED) is 0.724. The highest BCUT2D eigenvalue weighted by molar-refractivity contribution is 5.76. The molecule has 0 radical (unpaired) electrons. The van der Waals surface area contributed by atoms with Crippen LogP contribution in [-0.4, -0.2) is 54.5 Å². The largest absolute Gasteiger partial charge is 0.391 e. The molecule has 1 atom stereocenters. The Morgan fingerprint density at radius 2 is 2.00 bits per heavy atom. The fourth-order valence-electron chi connectivity index (χ4n) is 3.06. The minimum absolute atomic E-state index is 0.205. The molecule has 1 aliphatic rings. The van der Waals surface area contributed by atoms with Gasteiger partial charge in [0.1, 0.15) is 22.7 Å². The molecule has 2 N–H and O–H groups in total. The van der Waals surface area contributed by atoms with E-state index in [4.69, 9.17) is 9.61 Å². The lowest BCUT2D eigenvalue weighted by molar-refractivity contribution is 0.198. The summed E-state index contributed by atoms with van der Waals surface area (Å²) in [6.07, 6.45) is 0.914. The van der Waals surface area contributed by atoms with Crippen LogP contribution in [-0.2, 0) is 11.8 Å². The van der Waals surface area contributed by atoms with Gasteiger partial charge in [-0.15, -0.1) is 0 Å². The average Bonchev–Trinajstić information content (AvgIpc) is 3.26. The second-order valence-corrected chi connectivity index (χ2v) is 7.86. The van der Waals surface area contributed by atoms with Crippen molar-refractivity contribution in [2.45, 2.75) is 52.1 Å². The summed E-state index contributed by atoms with van der Waals surface area (Å²) in [5, 5.41) is 17.6. The third-order valence-electron chi connectivity index (χ3n) is 4.63. The maximum absolute atomic E-state index is 9.81. The van der Waals surface area contributed by atoms with E-state index in [0.717, 1.165) is 41.4 Å². The molecule has 0 unspecified atom stereocenters. The molecule has 3 aromatic rings. The number of H-pyrrole nitrogens is 1. The van der Waals surface area contributed by atoms with Gasteiger partial charge in [-0.05, 0) is 13.3 Å². The van der Waals surface area contributed by atoms with E-state index in [-0.39, 0.29) is 11.5 Å². The Labute approximate surface area is 150 Å². The zero-order valence-corrected chi connectivity index (χ0v) is 15.4. The molecule has 1 saturated heterocycles. The molecule has 4 rings (SSSR count). The van der Waals surface area contributed by atoms with E-state index in [1.165, 1.54) is 0 Å². The van der Waals surface area contributed by atoms with Crippen LogP contribution in [0.1, 0.15) is 50.1 Å². The second-order valence-electron chi connectivity index (χ2n) is 7.86. The molecule has 26 heavy (non-hydrogen) atoms. The maximum atomic E-state index is 9.81. The van der Waals surface area contributed by atoms with Crippen LogP contribution in [0.2, 0.25) is 0 Å². The van der Waals surface area contributed by atoms with E-state index in [1.54, 1.807) is 0 Å². The Hall–Kier alpha value is -2.55. The second kappa shape index (κ2) is 6.01. The molecule has 1 fully saturated rings. The normalized spacial score (nSPS) is 18.2. The van der Waals surface area contributed by atoms with E-state index in [0.29, 0.717) is 24.6 Å². The molecule has 1 aliphatic heterocycles. The van der Waals surface area contributed by atoms with Crippen molar-refractivity contribution in [2.24, 2.45) is 0 Å². The summed E-state index contributed by atoms with van der Waals surface area (Å²) >= 11 is 0. The number of rotatable bonds is 3. The molecule has 9 nitrogen and oxygen atoms in total. The Morgan fingerprint density at radius 3 is 2.62 bits per heavy atom. The molecular formula is C17H23N7O2. The van der Waals surface area contributed by atoms with Crippen molar-refractivity contribution in [3.8, 4) is 0 Å². The van der Waals surface area contributed by atoms with Gasteiger partial charge in [0.2, 0.25) is 5.95 Å². The van der Waals surface area contributed by atoms with E-state index in [1.807, 2.05) is 11.8 Å². The molecule has 0 aromatic carbocycles. The summed E-state index contributed by atoms with van der Waals surface area (Å²) < 4.78 is 4.82. The fourth-order valence-corrected chi connectivity index (χ4v) is 3.06. The predicted molar refractivity (Wildman–Crippen MR) is 95.1 cm³/mol. The number of aliphatic hydroxyl groups excluding tert-OH is 1. The number of aliphatic hydroxyl groups is 1. The van der Waals surface area contributed by atoms with E-state index in [9.17, 15) is 5.11 Å². The number of aromatic amines is 1. The summed E-state index contributed by atoms with van der Waals surface area (Å²) in [7, 11) is 0. The van der Waals surface area contributed by atoms with Crippen LogP contribution in [0.25, 0.3) is 11.2 Å². The van der Waals surface area contributed by atoms with Crippen LogP contribution in [0.3, 0.4) is 0 Å². The number of fused-ring (bicyclic) bond motifs is 1. The van der Waals surface area contributed by atoms with Crippen molar-refractivity contribution >= 4 is 17.1 Å². The SMILES string of the molecule is Cc1nonc1Cc1nc(C(C)(C)C)nc2nc(N3CC[C@H](O)C3)[nH]c12. The summed E-state index contributed by atoms with van der Waals surface area (Å²) in [6, 6.07) is 0. The number of aryl methyl sites for hydroxylation is 1. The lowest BCUT2D eigenvalue weighted by atomic mass is 9.95. The lowest BCUT2D eigenvalue weighted by Gasteiger charge is -2.17. The third kappa shape index (κ3) is 3.03. The average molecular weight is 357 g/mol. The summed E-state index contributed by atoms with van der Waals surface area (Å²) in [4.78, 5) is 19.5. The molecule has 4 heterocycles. The Balaban J connectivity index is 1.81. The first kappa shape index (κ1) is 16.9. The van der Waals surface area contributed by atoms with Crippen LogP contribution >= 0.6 is 0 Å². The Kier molecular flexibility index (Phi) is 3.91. The molecule has 0 bridgehead atoms. The van der Waals surface area contributed by atoms with Crippen molar-refractivity contribution in [3.63, 3.8) is 0 Å². The van der Waals surface area contributed by atoms with Gasteiger partial charge in [0, 0.05) is 24.9 Å². The molecule has 138 valence electrons. The highest BCUT2D eigenvalue weighted by atomic mass is 16.6. The van der Waals surface area contributed by atoms with Crippen LogP contribution in [0.15, 0.2) is 4.63 Å². The fraction of sp³-hybridized carbons (Fsp3) is 0.588. The summed E-state index contributed by atoms with van der Waals surface area (Å²) in [5.41, 5.74) is 3.52. The van der Waals surface area contributed by atoms with Gasteiger partial charge in [0.25, 0.3) is 0 Å². The van der Waals surface area contributed by atoms with Crippen molar-refractivity contribution in [2.75, 3.05) is 18.0 Å². The van der Waals surface area contributed by atoms with Crippen molar-refractivity contribution < 1.29 is 9.74 Å². The van der Waals surface area contributed by atoms with E-state index in [2.05, 4.69) is 46.0 Å². The van der Waals surface area contributed by atoms with Crippen LogP contribution in [0, 0.1) is 6.92 Å². The molecule has 3 aromatic heterocycles. The smallest absolute Gasteiger partial charge is 0.205 e. The van der Waals surface area contributed by atoms with Gasteiger partial charge in [-0.25, -0.2) is 14.6 Å². The number of hydrogen-bond acceptors (Lipinski definition) is 8. The van der Waals surface area contributed by atoms with Gasteiger partial charge in [0.05, 0.1) is 11.8 Å². The number of nitrogens with zero attached hydrogens (tertiary/aromatic N) is 6. The minimum Gasteiger partial charge on any atom is -0.391 e. The first-order valence-corrected chi connectivity index (χ1v) is 8.79. The zero-order chi connectivity index (χ0) is 18.5. The highest BCUT2D eigenvalue weighted by Crippen LogP contribution is 2.27. The van der Waals surface area contributed by atoms with Gasteiger partial charge in [0.15, 0.2) is 5.65 Å². The number of nitrogens with one attached hydrogen (secondary N) is 1. The van der Waals surface area contributed by atoms with Gasteiger partial charge in [-0.1, -0.05) is 31.1 Å². The monoisotopic (exact) mass is 357 g/mol. The molecule has 0 spiro atoms. The van der Waals surface area contributed by atoms with Crippen LogP contribution in [0.4, 0.5) is 5.95 Å². The molecule has 9 heteroatoms. The summed E-state index contributed by atoms with van der Waals surface area (Å²) in [6.45, 7) is 9.42. The predicted octanol–water partition coefficient (Wildman–Crippen LogP) is 1.50. The number of imidazole rings is 1. The van der Waals surface area contributed by atoms with Gasteiger partial charge < -0.3 is 15.0 Å². The van der Waals surface area contributed by atoms with E-state index < -0.39 is 0 Å². The van der Waals surface area contributed by atoms with E-state index >= 15 is 0 Å². The molecule has 0 amide bonds. The van der Waals surface area contributed by atoms with Crippen LogP contribution < -0.4 is 4.90 Å². The van der Waals surface area contributed by atoms with Gasteiger partial charge in [-0.2, -0.15) is 4.98 Å². The molecular weight excluding hydrogens is 334 g/mol. The number of β-amino-alcohol motifs (C(OH)–C–C–N with tert-alkyl or cyclic N) is 1. The summed E-state index contributed by atoms with van der Waals surface area (Å²) in [5.74, 6) is 1.45. The van der Waals surface area contributed by atoms with Gasteiger partial charge >= 0.3 is 0 Å². The van der Waals surface area contributed by atoms with Crippen molar-refractivity contribution in [3.05, 3.63) is 22.9 Å². The topological polar surface area (TPSA) is 117 Å². The highest BCUT2D eigenvalue weighted by Gasteiger charge is 2.26. The first-order valence-electron chi connectivity index (χ1n) is 8.79. The first-order chi connectivity index (χ1) is 12.3. The maximum Gasteiger partial charge on any atom is 0.205 e. The minimum atomic E-state index is -0.317. The standard InChI is InChI=1S/C17H23N7O2/c1-9-11(23-26-22-9)7-12-13-14(20-15(18-12)17(2,3)4)21-16(19-13)24-6-5-10(25)8-24/h10,25H,5-8H2,1-4H3,(H,18,19,20,21)/t10-/m0/s1. The van der Waals surface area contributed by atoms with Gasteiger partial charge in [-0.3, -0.25) is 0 Å². The number of hydrogen-bond donors (Lipinski definition) is 2. The number of aromatic nitrogens is 6. The Bertz CT molecular complexity index is 940. The van der Waals surface area contributed by atoms with Crippen molar-refractivity contribution in [1.82, 2.24) is 30.2 Å². The number of anilines is 1. The molecule has 0 aliphatic carbocycles. The molecule has 0 saturated carbocycles. The Morgan fingerprint density at radius 1 is 1.19 bits per heavy atom. The lowest BCUT2D eigenvalue weighted by Crippen LogP contribution is -2.22.